The maximum atomic E-state index is 12.7. The summed E-state index contributed by atoms with van der Waals surface area (Å²) < 4.78 is 4.92. The van der Waals surface area contributed by atoms with Gasteiger partial charge < -0.3 is 15.2 Å². The molecule has 0 radical (unpaired) electrons. The lowest BCUT2D eigenvalue weighted by Gasteiger charge is -2.20. The fourth-order valence-electron chi connectivity index (χ4n) is 3.13. The molecule has 0 saturated heterocycles. The Hall–Kier alpha value is -3.26. The molecule has 1 aliphatic rings. The topological polar surface area (TPSA) is 119 Å². The highest BCUT2D eigenvalue weighted by Crippen LogP contribution is 2.40. The fourth-order valence-corrected chi connectivity index (χ4v) is 3.13. The highest BCUT2D eigenvalue weighted by Gasteiger charge is 2.47. The molecule has 1 unspecified atom stereocenters. The van der Waals surface area contributed by atoms with Crippen LogP contribution in [0.15, 0.2) is 36.4 Å². The minimum absolute atomic E-state index is 0.0174. The standard InChI is InChI=1S/C19H18N2O6/c1-3-11-4-6-14-13(8-11)19(24,18(23)20-14)10-16(22)12-5-7-17(27-2)15(9-12)21(25)26/h4-9,24H,3,10H2,1-2H3,(H,20,23). The van der Waals surface area contributed by atoms with E-state index in [-0.39, 0.29) is 17.0 Å². The second-order valence-electron chi connectivity index (χ2n) is 6.29. The average Bonchev–Trinajstić information content (AvgIpc) is 2.90. The summed E-state index contributed by atoms with van der Waals surface area (Å²) in [7, 11) is 1.29. The van der Waals surface area contributed by atoms with Crippen LogP contribution in [-0.4, -0.2) is 28.8 Å². The summed E-state index contributed by atoms with van der Waals surface area (Å²) in [6.07, 6.45) is 0.179. The van der Waals surface area contributed by atoms with Crippen molar-refractivity contribution in [3.05, 3.63) is 63.2 Å². The van der Waals surface area contributed by atoms with E-state index in [1.165, 1.54) is 19.2 Å². The molecule has 0 aliphatic carbocycles. The van der Waals surface area contributed by atoms with E-state index >= 15 is 0 Å². The largest absolute Gasteiger partial charge is 0.490 e. The SMILES string of the molecule is CCc1ccc2c(c1)C(O)(CC(=O)c1ccc(OC)c([N+](=O)[O-])c1)C(=O)N2. The van der Waals surface area contributed by atoms with Crippen LogP contribution in [0.2, 0.25) is 0 Å². The molecule has 1 amide bonds. The van der Waals surface area contributed by atoms with Crippen molar-refractivity contribution in [2.24, 2.45) is 0 Å². The van der Waals surface area contributed by atoms with Crippen LogP contribution in [0.4, 0.5) is 11.4 Å². The van der Waals surface area contributed by atoms with Gasteiger partial charge in [-0.15, -0.1) is 0 Å². The van der Waals surface area contributed by atoms with Crippen LogP contribution in [0.25, 0.3) is 0 Å². The second-order valence-corrected chi connectivity index (χ2v) is 6.29. The zero-order valence-corrected chi connectivity index (χ0v) is 14.8. The number of fused-ring (bicyclic) bond motifs is 1. The smallest absolute Gasteiger partial charge is 0.311 e. The third kappa shape index (κ3) is 3.15. The molecule has 3 rings (SSSR count). The highest BCUT2D eigenvalue weighted by molar-refractivity contribution is 6.09. The number of benzene rings is 2. The highest BCUT2D eigenvalue weighted by atomic mass is 16.6. The number of nitro benzene ring substituents is 1. The van der Waals surface area contributed by atoms with Gasteiger partial charge in [0, 0.05) is 22.9 Å². The van der Waals surface area contributed by atoms with Crippen LogP contribution in [0, 0.1) is 10.1 Å². The van der Waals surface area contributed by atoms with Crippen molar-refractivity contribution >= 4 is 23.1 Å². The molecule has 8 nitrogen and oxygen atoms in total. The molecular formula is C19H18N2O6. The quantitative estimate of drug-likeness (QED) is 0.458. The zero-order chi connectivity index (χ0) is 19.8. The predicted octanol–water partition coefficient (Wildman–Crippen LogP) is 2.58. The first-order valence-electron chi connectivity index (χ1n) is 8.33. The zero-order valence-electron chi connectivity index (χ0n) is 14.8. The first-order valence-corrected chi connectivity index (χ1v) is 8.33. The van der Waals surface area contributed by atoms with E-state index in [1.54, 1.807) is 12.1 Å². The van der Waals surface area contributed by atoms with Crippen molar-refractivity contribution < 1.29 is 24.4 Å². The average molecular weight is 370 g/mol. The van der Waals surface area contributed by atoms with Gasteiger partial charge in [-0.2, -0.15) is 0 Å². The number of amides is 1. The molecule has 1 heterocycles. The third-order valence-corrected chi connectivity index (χ3v) is 4.68. The maximum absolute atomic E-state index is 12.7. The number of hydrogen-bond donors (Lipinski definition) is 2. The van der Waals surface area contributed by atoms with Crippen molar-refractivity contribution in [3.8, 4) is 5.75 Å². The number of rotatable bonds is 6. The normalized spacial score (nSPS) is 18.0. The fraction of sp³-hybridized carbons (Fsp3) is 0.263. The molecule has 0 saturated carbocycles. The Morgan fingerprint density at radius 1 is 1.30 bits per heavy atom. The van der Waals surface area contributed by atoms with E-state index in [0.717, 1.165) is 11.6 Å². The Morgan fingerprint density at radius 3 is 2.67 bits per heavy atom. The first-order chi connectivity index (χ1) is 12.8. The first kappa shape index (κ1) is 18.5. The number of nitro groups is 1. The summed E-state index contributed by atoms with van der Waals surface area (Å²) in [4.78, 5) is 35.5. The van der Waals surface area contributed by atoms with E-state index in [4.69, 9.17) is 4.74 Å². The van der Waals surface area contributed by atoms with Crippen molar-refractivity contribution in [2.75, 3.05) is 12.4 Å². The van der Waals surface area contributed by atoms with Crippen molar-refractivity contribution in [1.29, 1.82) is 0 Å². The van der Waals surface area contributed by atoms with E-state index < -0.39 is 28.6 Å². The van der Waals surface area contributed by atoms with Gasteiger partial charge in [0.25, 0.3) is 5.91 Å². The minimum atomic E-state index is -2.02. The molecule has 1 aliphatic heterocycles. The number of nitrogens with zero attached hydrogens (tertiary/aromatic N) is 1. The third-order valence-electron chi connectivity index (χ3n) is 4.68. The van der Waals surface area contributed by atoms with Crippen LogP contribution in [0.1, 0.15) is 34.8 Å². The van der Waals surface area contributed by atoms with Crippen molar-refractivity contribution in [1.82, 2.24) is 0 Å². The van der Waals surface area contributed by atoms with Gasteiger partial charge in [0.05, 0.1) is 18.5 Å². The molecular weight excluding hydrogens is 352 g/mol. The monoisotopic (exact) mass is 370 g/mol. The number of anilines is 1. The predicted molar refractivity (Wildman–Crippen MR) is 96.9 cm³/mol. The molecule has 8 heteroatoms. The van der Waals surface area contributed by atoms with Crippen LogP contribution in [0.3, 0.4) is 0 Å². The summed E-state index contributed by atoms with van der Waals surface area (Å²) in [6, 6.07) is 8.98. The molecule has 0 aromatic heterocycles. The maximum Gasteiger partial charge on any atom is 0.311 e. The Balaban J connectivity index is 1.96. The van der Waals surface area contributed by atoms with Crippen LogP contribution < -0.4 is 10.1 Å². The number of Topliss-reactive ketones (excluding diaryl/α,β-unsaturated/α-hetero) is 1. The van der Waals surface area contributed by atoms with Crippen molar-refractivity contribution in [2.45, 2.75) is 25.4 Å². The van der Waals surface area contributed by atoms with Gasteiger partial charge in [0.1, 0.15) is 0 Å². The van der Waals surface area contributed by atoms with Crippen molar-refractivity contribution in [3.63, 3.8) is 0 Å². The summed E-state index contributed by atoms with van der Waals surface area (Å²) in [5.74, 6) is -1.26. The van der Waals surface area contributed by atoms with Gasteiger partial charge in [-0.25, -0.2) is 0 Å². The molecule has 1 atom stereocenters. The molecule has 27 heavy (non-hydrogen) atoms. The van der Waals surface area contributed by atoms with E-state index in [1.807, 2.05) is 13.0 Å². The minimum Gasteiger partial charge on any atom is -0.490 e. The molecule has 2 aromatic rings. The number of methoxy groups -OCH3 is 1. The van der Waals surface area contributed by atoms with Gasteiger partial charge in [0.2, 0.25) is 0 Å². The molecule has 2 N–H and O–H groups in total. The second kappa shape index (κ2) is 6.81. The Kier molecular flexibility index (Phi) is 4.67. The summed E-state index contributed by atoms with van der Waals surface area (Å²) in [6.45, 7) is 1.94. The number of ether oxygens (including phenoxy) is 1. The van der Waals surface area contributed by atoms with E-state index in [9.17, 15) is 24.8 Å². The Labute approximate surface area is 154 Å². The summed E-state index contributed by atoms with van der Waals surface area (Å²) in [5.41, 5.74) is -0.664. The number of carbonyl (C=O) groups is 2. The van der Waals surface area contributed by atoms with Gasteiger partial charge in [-0.1, -0.05) is 19.1 Å². The lowest BCUT2D eigenvalue weighted by molar-refractivity contribution is -0.385. The van der Waals surface area contributed by atoms with Gasteiger partial charge in [0.15, 0.2) is 17.1 Å². The Bertz CT molecular complexity index is 955. The molecule has 0 fully saturated rings. The van der Waals surface area contributed by atoms with Gasteiger partial charge in [-0.3, -0.25) is 19.7 Å². The number of carbonyl (C=O) groups excluding carboxylic acids is 2. The van der Waals surface area contributed by atoms with Gasteiger partial charge >= 0.3 is 5.69 Å². The van der Waals surface area contributed by atoms with Gasteiger partial charge in [-0.05, 0) is 30.2 Å². The molecule has 2 aromatic carbocycles. The Morgan fingerprint density at radius 2 is 2.04 bits per heavy atom. The van der Waals surface area contributed by atoms with E-state index in [0.29, 0.717) is 17.7 Å². The molecule has 140 valence electrons. The molecule has 0 bridgehead atoms. The summed E-state index contributed by atoms with van der Waals surface area (Å²) in [5, 5.41) is 24.7. The number of nitrogens with one attached hydrogen (secondary N) is 1. The number of aliphatic hydroxyl groups is 1. The molecule has 0 spiro atoms. The van der Waals surface area contributed by atoms with Crippen LogP contribution in [-0.2, 0) is 16.8 Å². The lowest BCUT2D eigenvalue weighted by Crippen LogP contribution is -2.36. The van der Waals surface area contributed by atoms with Crippen LogP contribution >= 0.6 is 0 Å². The van der Waals surface area contributed by atoms with E-state index in [2.05, 4.69) is 5.32 Å². The number of hydrogen-bond acceptors (Lipinski definition) is 6. The number of ketones is 1. The summed E-state index contributed by atoms with van der Waals surface area (Å²) >= 11 is 0. The lowest BCUT2D eigenvalue weighted by atomic mass is 9.87. The van der Waals surface area contributed by atoms with Crippen LogP contribution in [0.5, 0.6) is 5.75 Å². The number of aryl methyl sites for hydroxylation is 1.